The van der Waals surface area contributed by atoms with Gasteiger partial charge in [0.2, 0.25) is 0 Å². The molecule has 116 valence electrons. The van der Waals surface area contributed by atoms with Crippen LogP contribution in [0.5, 0.6) is 0 Å². The van der Waals surface area contributed by atoms with Crippen molar-refractivity contribution in [3.05, 3.63) is 89.5 Å². The van der Waals surface area contributed by atoms with Crippen LogP contribution in [0.15, 0.2) is 77.4 Å². The van der Waals surface area contributed by atoms with Crippen molar-refractivity contribution in [3.8, 4) is 0 Å². The molecule has 0 amide bonds. The Bertz CT molecular complexity index is 857. The van der Waals surface area contributed by atoms with Crippen molar-refractivity contribution in [2.24, 2.45) is 0 Å². The van der Waals surface area contributed by atoms with Gasteiger partial charge in [-0.3, -0.25) is 5.10 Å². The van der Waals surface area contributed by atoms with Crippen molar-refractivity contribution in [2.45, 2.75) is 0 Å². The zero-order valence-electron chi connectivity index (χ0n) is 12.0. The molecule has 5 nitrogen and oxygen atoms in total. The Morgan fingerprint density at radius 1 is 1.13 bits per heavy atom. The molecule has 0 aliphatic heterocycles. The predicted octanol–water partition coefficient (Wildman–Crippen LogP) is 0.594. The van der Waals surface area contributed by atoms with E-state index in [1.54, 1.807) is 12.1 Å². The van der Waals surface area contributed by atoms with E-state index in [2.05, 4.69) is 15.4 Å². The van der Waals surface area contributed by atoms with Crippen LogP contribution >= 0.6 is 0 Å². The van der Waals surface area contributed by atoms with Crippen LogP contribution in [0.25, 0.3) is 11.3 Å². The third kappa shape index (κ3) is 3.94. The number of hydrogen-bond acceptors (Lipinski definition) is 4. The fraction of sp³-hybridized carbons (Fsp3) is 0. The van der Waals surface area contributed by atoms with E-state index in [1.165, 1.54) is 6.26 Å². The first-order valence-corrected chi connectivity index (χ1v) is 6.74. The quantitative estimate of drug-likeness (QED) is 0.516. The van der Waals surface area contributed by atoms with E-state index in [0.29, 0.717) is 10.7 Å². The maximum atomic E-state index is 12.1. The number of aromatic amines is 1. The molecule has 2 heterocycles. The van der Waals surface area contributed by atoms with Crippen molar-refractivity contribution < 1.29 is 26.6 Å². The minimum absolute atomic E-state index is 0. The zero-order valence-corrected chi connectivity index (χ0v) is 13.1. The smallest absolute Gasteiger partial charge is 0.868 e. The third-order valence-electron chi connectivity index (χ3n) is 3.01. The molecule has 0 spiro atoms. The minimum Gasteiger partial charge on any atom is -0.868 e. The Morgan fingerprint density at radius 3 is 2.43 bits per heavy atom. The number of H-pyrrole nitrogens is 1. The van der Waals surface area contributed by atoms with Gasteiger partial charge in [-0.1, -0.05) is 29.5 Å². The Balaban J connectivity index is 0.000000276. The third-order valence-corrected chi connectivity index (χ3v) is 3.01. The Kier molecular flexibility index (Phi) is 5.86. The molecule has 0 fully saturated rings. The summed E-state index contributed by atoms with van der Waals surface area (Å²) in [6.45, 7) is 0. The Labute approximate surface area is 143 Å². The van der Waals surface area contributed by atoms with Gasteiger partial charge in [0.15, 0.2) is 0 Å². The summed E-state index contributed by atoms with van der Waals surface area (Å²) in [5.41, 5.74) is 0.855. The second kappa shape index (κ2) is 8.08. The standard InChI is InChI=1S/C12H9N3O2.C5H5.Fe/c16-12(9-6-3-7-17-9)11-10(13-15-14-11)8-4-1-2-5-8;1-2-4-5-3-1;/h1-7,16H,(H,13,14);1-5H;/q;-1;+2/p-1/b12-11+;;. The van der Waals surface area contributed by atoms with Gasteiger partial charge in [0, 0.05) is 5.57 Å². The van der Waals surface area contributed by atoms with Gasteiger partial charge in [0.25, 0.3) is 0 Å². The van der Waals surface area contributed by atoms with Crippen molar-refractivity contribution in [1.82, 2.24) is 15.4 Å². The fourth-order valence-electron chi connectivity index (χ4n) is 1.97. The number of rotatable bonds is 1. The maximum Gasteiger partial charge on any atom is 2.00 e. The average Bonchev–Trinajstić information content (AvgIpc) is 3.39. The van der Waals surface area contributed by atoms with Crippen LogP contribution in [0.1, 0.15) is 5.76 Å². The molecule has 23 heavy (non-hydrogen) atoms. The van der Waals surface area contributed by atoms with E-state index in [4.69, 9.17) is 4.42 Å². The summed E-state index contributed by atoms with van der Waals surface area (Å²) in [4.78, 5) is 0. The second-order valence-corrected chi connectivity index (χ2v) is 4.48. The molecule has 0 saturated heterocycles. The number of aromatic nitrogens is 3. The molecule has 1 N–H and O–H groups in total. The molecule has 6 heteroatoms. The van der Waals surface area contributed by atoms with Crippen LogP contribution in [0.4, 0.5) is 0 Å². The molecule has 0 radical (unpaired) electrons. The van der Waals surface area contributed by atoms with E-state index in [1.807, 2.05) is 54.6 Å². The number of allylic oxidation sites excluding steroid dienone is 4. The fourth-order valence-corrected chi connectivity index (χ4v) is 1.97. The SMILES string of the molecule is [Fe+2].[O-]/C(c1ccco1)=c1/[nH]nnc1=C1C=CC=C1.c1cc[cH-]c1. The minimum atomic E-state index is -0.254. The molecule has 1 aliphatic rings. The Morgan fingerprint density at radius 2 is 1.87 bits per heavy atom. The molecular weight excluding hydrogens is 334 g/mol. The first-order valence-electron chi connectivity index (χ1n) is 6.74. The maximum absolute atomic E-state index is 12.1. The first kappa shape index (κ1) is 16.7. The number of nitrogens with one attached hydrogen (secondary N) is 1. The molecular formula is C17H13FeN3O2. The van der Waals surface area contributed by atoms with Gasteiger partial charge in [-0.05, 0) is 17.9 Å². The van der Waals surface area contributed by atoms with Gasteiger partial charge in [0.05, 0.1) is 11.6 Å². The normalized spacial score (nSPS) is 13.3. The molecule has 1 aromatic carbocycles. The van der Waals surface area contributed by atoms with Crippen molar-refractivity contribution in [3.63, 3.8) is 0 Å². The summed E-state index contributed by atoms with van der Waals surface area (Å²) in [7, 11) is 0. The molecule has 2 aromatic heterocycles. The van der Waals surface area contributed by atoms with Gasteiger partial charge in [-0.25, -0.2) is 12.1 Å². The van der Waals surface area contributed by atoms with Crippen molar-refractivity contribution in [2.75, 3.05) is 0 Å². The van der Waals surface area contributed by atoms with Crippen LogP contribution in [-0.2, 0) is 17.1 Å². The van der Waals surface area contributed by atoms with E-state index < -0.39 is 0 Å². The molecule has 0 unspecified atom stereocenters. The number of nitrogens with zero attached hydrogens (tertiary/aromatic N) is 2. The summed E-state index contributed by atoms with van der Waals surface area (Å²) in [6, 6.07) is 13.3. The van der Waals surface area contributed by atoms with Crippen LogP contribution < -0.4 is 15.8 Å². The molecule has 1 aliphatic carbocycles. The molecule has 0 bridgehead atoms. The van der Waals surface area contributed by atoms with E-state index in [-0.39, 0.29) is 28.6 Å². The summed E-state index contributed by atoms with van der Waals surface area (Å²) < 4.78 is 5.07. The van der Waals surface area contributed by atoms with Gasteiger partial charge < -0.3 is 9.52 Å². The topological polar surface area (TPSA) is 77.8 Å². The van der Waals surface area contributed by atoms with Crippen LogP contribution in [0.2, 0.25) is 0 Å². The first-order chi connectivity index (χ1) is 10.9. The Hall–Kier alpha value is -2.69. The summed E-state index contributed by atoms with van der Waals surface area (Å²) in [5, 5.41) is 23.2. The average molecular weight is 347 g/mol. The van der Waals surface area contributed by atoms with E-state index in [9.17, 15) is 5.11 Å². The van der Waals surface area contributed by atoms with Crippen molar-refractivity contribution in [1.29, 1.82) is 0 Å². The van der Waals surface area contributed by atoms with Crippen LogP contribution in [-0.4, -0.2) is 15.4 Å². The molecule has 3 aromatic rings. The molecule has 0 atom stereocenters. The van der Waals surface area contributed by atoms with Crippen molar-refractivity contribution >= 4 is 11.3 Å². The predicted molar refractivity (Wildman–Crippen MR) is 80.6 cm³/mol. The van der Waals surface area contributed by atoms with Crippen LogP contribution in [0.3, 0.4) is 0 Å². The summed E-state index contributed by atoms with van der Waals surface area (Å²) in [6.07, 6.45) is 8.96. The molecule has 4 rings (SSSR count). The molecule has 0 saturated carbocycles. The zero-order chi connectivity index (χ0) is 15.2. The summed E-state index contributed by atoms with van der Waals surface area (Å²) >= 11 is 0. The van der Waals surface area contributed by atoms with Gasteiger partial charge in [-0.2, -0.15) is 18.2 Å². The van der Waals surface area contributed by atoms with Gasteiger partial charge >= 0.3 is 17.1 Å². The monoisotopic (exact) mass is 347 g/mol. The van der Waals surface area contributed by atoms with E-state index >= 15 is 0 Å². The summed E-state index contributed by atoms with van der Waals surface area (Å²) in [5.74, 6) is 0.0139. The van der Waals surface area contributed by atoms with Gasteiger partial charge in [-0.15, -0.1) is 5.10 Å². The number of hydrogen-bond donors (Lipinski definition) is 1. The van der Waals surface area contributed by atoms with Crippen LogP contribution in [0, 0.1) is 0 Å². The largest absolute Gasteiger partial charge is 2.00 e. The van der Waals surface area contributed by atoms with E-state index in [0.717, 1.165) is 5.57 Å². The van der Waals surface area contributed by atoms with Gasteiger partial charge in [0.1, 0.15) is 11.1 Å². The number of furan rings is 1. The second-order valence-electron chi connectivity index (χ2n) is 4.48.